The van der Waals surface area contributed by atoms with Gasteiger partial charge in [-0.3, -0.25) is 0 Å². The van der Waals surface area contributed by atoms with Gasteiger partial charge in [0.1, 0.15) is 18.2 Å². The molecule has 0 spiro atoms. The van der Waals surface area contributed by atoms with E-state index >= 15 is 0 Å². The molecule has 0 saturated heterocycles. The third-order valence-electron chi connectivity index (χ3n) is 3.08. The molecule has 2 aromatic carbocycles. The summed E-state index contributed by atoms with van der Waals surface area (Å²) in [5, 5.41) is 3.30. The van der Waals surface area contributed by atoms with Crippen LogP contribution < -0.4 is 10.1 Å². The third-order valence-corrected chi connectivity index (χ3v) is 3.08. The largest absolute Gasteiger partial charge is 0.481 e. The van der Waals surface area contributed by atoms with Crippen LogP contribution in [0.4, 0.5) is 4.39 Å². The molecule has 2 rings (SSSR count). The van der Waals surface area contributed by atoms with Crippen molar-refractivity contribution in [2.45, 2.75) is 13.0 Å². The minimum Gasteiger partial charge on any atom is -0.481 e. The Morgan fingerprint density at radius 2 is 2.00 bits per heavy atom. The van der Waals surface area contributed by atoms with E-state index in [1.165, 1.54) is 6.07 Å². The Bertz CT molecular complexity index is 619. The predicted octanol–water partition coefficient (Wildman–Crippen LogP) is 3.17. The van der Waals surface area contributed by atoms with Crippen molar-refractivity contribution in [3.8, 4) is 18.1 Å². The first-order valence-electron chi connectivity index (χ1n) is 6.89. The maximum Gasteiger partial charge on any atom is 0.148 e. The van der Waals surface area contributed by atoms with Gasteiger partial charge in [0.05, 0.1) is 0 Å². The number of nitrogens with one attached hydrogen (secondary N) is 1. The van der Waals surface area contributed by atoms with E-state index in [1.54, 1.807) is 6.07 Å². The summed E-state index contributed by atoms with van der Waals surface area (Å²) in [6, 6.07) is 14.6. The quantitative estimate of drug-likeness (QED) is 0.622. The van der Waals surface area contributed by atoms with Crippen LogP contribution in [0.1, 0.15) is 11.1 Å². The molecular formula is C18H18FNO. The van der Waals surface area contributed by atoms with Gasteiger partial charge in [-0.25, -0.2) is 4.39 Å². The highest BCUT2D eigenvalue weighted by Crippen LogP contribution is 2.13. The van der Waals surface area contributed by atoms with Crippen LogP contribution in [0, 0.1) is 18.2 Å². The number of benzene rings is 2. The van der Waals surface area contributed by atoms with Crippen LogP contribution in [-0.4, -0.2) is 13.2 Å². The zero-order valence-corrected chi connectivity index (χ0v) is 11.8. The SMILES string of the molecule is C#CCOc1cccc(CNCCc2ccccc2F)c1. The summed E-state index contributed by atoms with van der Waals surface area (Å²) in [5.74, 6) is 3.05. The summed E-state index contributed by atoms with van der Waals surface area (Å²) in [6.45, 7) is 1.70. The van der Waals surface area contributed by atoms with Crippen molar-refractivity contribution >= 4 is 0 Å². The zero-order chi connectivity index (χ0) is 14.9. The van der Waals surface area contributed by atoms with Gasteiger partial charge in [0.15, 0.2) is 0 Å². The second kappa shape index (κ2) is 8.08. The highest BCUT2D eigenvalue weighted by Gasteiger charge is 2.00. The molecule has 0 bridgehead atoms. The predicted molar refractivity (Wildman–Crippen MR) is 82.6 cm³/mol. The summed E-state index contributed by atoms with van der Waals surface area (Å²) in [4.78, 5) is 0. The van der Waals surface area contributed by atoms with Gasteiger partial charge in [0, 0.05) is 6.54 Å². The number of hydrogen-bond acceptors (Lipinski definition) is 2. The van der Waals surface area contributed by atoms with E-state index in [-0.39, 0.29) is 12.4 Å². The van der Waals surface area contributed by atoms with E-state index in [4.69, 9.17) is 11.2 Å². The lowest BCUT2D eigenvalue weighted by Crippen LogP contribution is -2.17. The Morgan fingerprint density at radius 3 is 2.81 bits per heavy atom. The van der Waals surface area contributed by atoms with Gasteiger partial charge in [0.2, 0.25) is 0 Å². The molecule has 0 aliphatic carbocycles. The van der Waals surface area contributed by atoms with Gasteiger partial charge in [-0.2, -0.15) is 0 Å². The molecule has 0 atom stereocenters. The Morgan fingerprint density at radius 1 is 1.14 bits per heavy atom. The monoisotopic (exact) mass is 283 g/mol. The van der Waals surface area contributed by atoms with Gasteiger partial charge in [0.25, 0.3) is 0 Å². The first-order chi connectivity index (χ1) is 10.3. The first kappa shape index (κ1) is 15.1. The molecule has 3 heteroatoms. The molecule has 0 aliphatic heterocycles. The zero-order valence-electron chi connectivity index (χ0n) is 11.8. The molecule has 1 N–H and O–H groups in total. The fourth-order valence-corrected chi connectivity index (χ4v) is 2.03. The molecule has 108 valence electrons. The smallest absolute Gasteiger partial charge is 0.148 e. The van der Waals surface area contributed by atoms with Crippen LogP contribution in [0.15, 0.2) is 48.5 Å². The highest BCUT2D eigenvalue weighted by molar-refractivity contribution is 5.28. The highest BCUT2D eigenvalue weighted by atomic mass is 19.1. The van der Waals surface area contributed by atoms with Gasteiger partial charge in [-0.1, -0.05) is 36.3 Å². The number of terminal acetylenes is 1. The van der Waals surface area contributed by atoms with E-state index in [0.29, 0.717) is 13.0 Å². The Hall–Kier alpha value is -2.31. The Balaban J connectivity index is 1.78. The van der Waals surface area contributed by atoms with Crippen LogP contribution in [-0.2, 0) is 13.0 Å². The summed E-state index contributed by atoms with van der Waals surface area (Å²) in [5.41, 5.74) is 1.84. The molecule has 0 amide bonds. The number of ether oxygens (including phenoxy) is 1. The molecule has 0 aromatic heterocycles. The van der Waals surface area contributed by atoms with Crippen molar-refractivity contribution in [1.29, 1.82) is 0 Å². The van der Waals surface area contributed by atoms with Crippen molar-refractivity contribution in [3.63, 3.8) is 0 Å². The molecule has 0 aliphatic rings. The second-order valence-electron chi connectivity index (χ2n) is 4.66. The molecule has 0 radical (unpaired) electrons. The van der Waals surface area contributed by atoms with Crippen LogP contribution >= 0.6 is 0 Å². The molecule has 0 saturated carbocycles. The number of halogens is 1. The second-order valence-corrected chi connectivity index (χ2v) is 4.66. The van der Waals surface area contributed by atoms with E-state index in [1.807, 2.05) is 36.4 Å². The maximum absolute atomic E-state index is 13.5. The molecule has 2 nitrogen and oxygen atoms in total. The normalized spacial score (nSPS) is 10.1. The van der Waals surface area contributed by atoms with Crippen molar-refractivity contribution in [3.05, 3.63) is 65.5 Å². The Labute approximate surface area is 125 Å². The third kappa shape index (κ3) is 4.94. The standard InChI is InChI=1S/C18H18FNO/c1-2-12-21-17-8-5-6-15(13-17)14-20-11-10-16-7-3-4-9-18(16)19/h1,3-9,13,20H,10-12,14H2. The summed E-state index contributed by atoms with van der Waals surface area (Å²) >= 11 is 0. The van der Waals surface area contributed by atoms with Crippen LogP contribution in [0.3, 0.4) is 0 Å². The molecular weight excluding hydrogens is 265 g/mol. The van der Waals surface area contributed by atoms with Crippen LogP contribution in [0.25, 0.3) is 0 Å². The van der Waals surface area contributed by atoms with Crippen LogP contribution in [0.2, 0.25) is 0 Å². The first-order valence-corrected chi connectivity index (χ1v) is 6.89. The minimum absolute atomic E-state index is 0.149. The summed E-state index contributed by atoms with van der Waals surface area (Å²) in [6.07, 6.45) is 5.83. The van der Waals surface area contributed by atoms with Crippen molar-refractivity contribution in [1.82, 2.24) is 5.32 Å². The lowest BCUT2D eigenvalue weighted by Gasteiger charge is -2.08. The fraction of sp³-hybridized carbons (Fsp3) is 0.222. The number of hydrogen-bond donors (Lipinski definition) is 1. The van der Waals surface area contributed by atoms with E-state index in [0.717, 1.165) is 23.4 Å². The lowest BCUT2D eigenvalue weighted by atomic mass is 10.1. The van der Waals surface area contributed by atoms with Crippen LogP contribution in [0.5, 0.6) is 5.75 Å². The average molecular weight is 283 g/mol. The molecule has 0 fully saturated rings. The van der Waals surface area contributed by atoms with Gasteiger partial charge >= 0.3 is 0 Å². The van der Waals surface area contributed by atoms with E-state index in [9.17, 15) is 4.39 Å². The van der Waals surface area contributed by atoms with E-state index in [2.05, 4.69) is 11.2 Å². The maximum atomic E-state index is 13.5. The lowest BCUT2D eigenvalue weighted by molar-refractivity contribution is 0.370. The van der Waals surface area contributed by atoms with Gasteiger partial charge in [-0.05, 0) is 42.3 Å². The van der Waals surface area contributed by atoms with Gasteiger partial charge in [-0.15, -0.1) is 6.42 Å². The molecule has 0 unspecified atom stereocenters. The topological polar surface area (TPSA) is 21.3 Å². The molecule has 0 heterocycles. The van der Waals surface area contributed by atoms with Crippen molar-refractivity contribution in [2.24, 2.45) is 0 Å². The molecule has 21 heavy (non-hydrogen) atoms. The van der Waals surface area contributed by atoms with E-state index < -0.39 is 0 Å². The fourth-order valence-electron chi connectivity index (χ4n) is 2.03. The van der Waals surface area contributed by atoms with Gasteiger partial charge < -0.3 is 10.1 Å². The number of rotatable bonds is 7. The summed E-state index contributed by atoms with van der Waals surface area (Å²) in [7, 11) is 0. The molecule has 2 aromatic rings. The van der Waals surface area contributed by atoms with Crippen molar-refractivity contribution in [2.75, 3.05) is 13.2 Å². The summed E-state index contributed by atoms with van der Waals surface area (Å²) < 4.78 is 18.8. The average Bonchev–Trinajstić information content (AvgIpc) is 2.51. The Kier molecular flexibility index (Phi) is 5.81. The van der Waals surface area contributed by atoms with Crippen molar-refractivity contribution < 1.29 is 9.13 Å². The minimum atomic E-state index is -0.149.